The van der Waals surface area contributed by atoms with Crippen molar-refractivity contribution in [3.63, 3.8) is 0 Å². The second kappa shape index (κ2) is 12.3. The summed E-state index contributed by atoms with van der Waals surface area (Å²) in [6, 6.07) is 28.9. The number of azide groups is 1. The summed E-state index contributed by atoms with van der Waals surface area (Å²) in [6.45, 7) is -0.0505. The van der Waals surface area contributed by atoms with Crippen LogP contribution in [-0.4, -0.2) is 45.3 Å². The molecular weight excluding hydrogens is 532 g/mol. The second-order valence-corrected chi connectivity index (χ2v) is 8.95. The molecule has 1 atom stereocenters. The van der Waals surface area contributed by atoms with Crippen molar-refractivity contribution in [3.05, 3.63) is 130 Å². The van der Waals surface area contributed by atoms with Gasteiger partial charge < -0.3 is 9.57 Å². The normalized spacial score (nSPS) is 11.9. The highest BCUT2D eigenvalue weighted by Crippen LogP contribution is 2.40. The molecule has 0 radical (unpaired) electrons. The third kappa shape index (κ3) is 5.43. The molecule has 200 valence electrons. The molecule has 0 spiro atoms. The molecule has 1 amide bonds. The number of nitrogens with one attached hydrogen (secondary N) is 1. The molecule has 2 aromatic heterocycles. The van der Waals surface area contributed by atoms with Crippen molar-refractivity contribution in [2.75, 3.05) is 18.5 Å². The number of aromatic nitrogens is 4. The fraction of sp³-hybridized carbons (Fsp3) is 0.143. The first-order chi connectivity index (χ1) is 19.7. The molecule has 12 heteroatoms. The molecule has 5 aromatic rings. The second-order valence-electron chi connectivity index (χ2n) is 8.59. The molecule has 2 heterocycles. The van der Waals surface area contributed by atoms with E-state index in [-0.39, 0.29) is 35.5 Å². The number of nitrogens with zero attached hydrogens (tertiary/aromatic N) is 7. The monoisotopic (exact) mass is 554 g/mol. The van der Waals surface area contributed by atoms with Gasteiger partial charge in [-0.25, -0.2) is 4.98 Å². The third-order valence-electron chi connectivity index (χ3n) is 6.17. The maximum absolute atomic E-state index is 10.8. The van der Waals surface area contributed by atoms with Gasteiger partial charge in [-0.15, -0.1) is 0 Å². The van der Waals surface area contributed by atoms with Gasteiger partial charge in [-0.05, 0) is 22.2 Å². The van der Waals surface area contributed by atoms with Gasteiger partial charge in [0, 0.05) is 4.91 Å². The standard InChI is InChI=1S/C28H23ClN8O3/c29-25-24-26(34-27(33-25)32-19-38)37(18-31-24)40-17-23(35-36-30)16-39-28(20-10-4-1-5-11-20,21-12-6-2-7-13-21)22-14-8-3-9-15-22/h1-15,18-19,23H,16-17H2,(H,32,33,34,38). The van der Waals surface area contributed by atoms with Crippen LogP contribution < -0.4 is 10.2 Å². The molecule has 0 bridgehead atoms. The summed E-state index contributed by atoms with van der Waals surface area (Å²) in [6.07, 6.45) is 1.80. The molecule has 5 rings (SSSR count). The van der Waals surface area contributed by atoms with E-state index in [1.807, 2.05) is 91.0 Å². The van der Waals surface area contributed by atoms with Crippen LogP contribution in [0.5, 0.6) is 0 Å². The van der Waals surface area contributed by atoms with Gasteiger partial charge in [0.25, 0.3) is 0 Å². The molecule has 11 nitrogen and oxygen atoms in total. The van der Waals surface area contributed by atoms with E-state index in [1.54, 1.807) is 0 Å². The van der Waals surface area contributed by atoms with E-state index < -0.39 is 11.6 Å². The van der Waals surface area contributed by atoms with Crippen molar-refractivity contribution < 1.29 is 14.4 Å². The predicted molar refractivity (Wildman–Crippen MR) is 150 cm³/mol. The van der Waals surface area contributed by atoms with Crippen molar-refractivity contribution in [1.82, 2.24) is 19.7 Å². The SMILES string of the molecule is [N-]=[N+]=NC(COn1cnc2c(Cl)nc(NC=O)nc21)COC(c1ccccc1)(c1ccccc1)c1ccccc1. The highest BCUT2D eigenvalue weighted by Gasteiger charge is 2.38. The van der Waals surface area contributed by atoms with Crippen molar-refractivity contribution in [1.29, 1.82) is 0 Å². The smallest absolute Gasteiger partial charge is 0.232 e. The number of halogens is 1. The van der Waals surface area contributed by atoms with Gasteiger partial charge in [-0.3, -0.25) is 10.1 Å². The van der Waals surface area contributed by atoms with Crippen LogP contribution >= 0.6 is 11.6 Å². The maximum atomic E-state index is 10.8. The van der Waals surface area contributed by atoms with E-state index in [1.165, 1.54) is 11.1 Å². The first kappa shape index (κ1) is 26.6. The summed E-state index contributed by atoms with van der Waals surface area (Å²) in [5.74, 6) is -0.00820. The molecule has 0 aliphatic carbocycles. The van der Waals surface area contributed by atoms with E-state index in [0.29, 0.717) is 6.41 Å². The molecular formula is C28H23ClN8O3. The quantitative estimate of drug-likeness (QED) is 0.0563. The van der Waals surface area contributed by atoms with Crippen LogP contribution in [0.4, 0.5) is 5.95 Å². The highest BCUT2D eigenvalue weighted by molar-refractivity contribution is 6.33. The molecule has 0 fully saturated rings. The number of fused-ring (bicyclic) bond motifs is 1. The van der Waals surface area contributed by atoms with Crippen LogP contribution in [0.15, 0.2) is 102 Å². The minimum absolute atomic E-state index is 0.00820. The molecule has 40 heavy (non-hydrogen) atoms. The zero-order valence-electron chi connectivity index (χ0n) is 21.0. The molecule has 1 N–H and O–H groups in total. The molecule has 0 aliphatic heterocycles. The van der Waals surface area contributed by atoms with E-state index >= 15 is 0 Å². The number of hydrogen-bond donors (Lipinski definition) is 1. The van der Waals surface area contributed by atoms with Crippen LogP contribution in [0.3, 0.4) is 0 Å². The fourth-order valence-electron chi connectivity index (χ4n) is 4.40. The van der Waals surface area contributed by atoms with E-state index in [2.05, 4.69) is 30.3 Å². The third-order valence-corrected chi connectivity index (χ3v) is 6.43. The minimum Gasteiger partial charge on any atom is -0.410 e. The molecule has 0 saturated heterocycles. The summed E-state index contributed by atoms with van der Waals surface area (Å²) in [5.41, 5.74) is 11.6. The van der Waals surface area contributed by atoms with Crippen LogP contribution in [0.2, 0.25) is 5.15 Å². The Morgan fingerprint density at radius 1 is 0.950 bits per heavy atom. The van der Waals surface area contributed by atoms with Crippen LogP contribution in [-0.2, 0) is 15.1 Å². The van der Waals surface area contributed by atoms with Crippen molar-refractivity contribution in [3.8, 4) is 0 Å². The number of imidazole rings is 1. The average Bonchev–Trinajstić information content (AvgIpc) is 3.41. The van der Waals surface area contributed by atoms with Gasteiger partial charge in [0.15, 0.2) is 5.15 Å². The summed E-state index contributed by atoms with van der Waals surface area (Å²) in [4.78, 5) is 32.1. The average molecular weight is 555 g/mol. The molecule has 3 aromatic carbocycles. The summed E-state index contributed by atoms with van der Waals surface area (Å²) in [5, 5.41) is 6.33. The number of hydrogen-bond acceptors (Lipinski definition) is 7. The van der Waals surface area contributed by atoms with Gasteiger partial charge in [-0.2, -0.15) is 14.7 Å². The van der Waals surface area contributed by atoms with Crippen LogP contribution in [0.25, 0.3) is 21.6 Å². The summed E-state index contributed by atoms with van der Waals surface area (Å²) < 4.78 is 8.04. The Bertz CT molecular complexity index is 1530. The number of rotatable bonds is 12. The van der Waals surface area contributed by atoms with Gasteiger partial charge in [-0.1, -0.05) is 108 Å². The lowest BCUT2D eigenvalue weighted by atomic mass is 9.80. The minimum atomic E-state index is -0.995. The van der Waals surface area contributed by atoms with E-state index in [9.17, 15) is 10.3 Å². The Morgan fingerprint density at radius 2 is 1.52 bits per heavy atom. The Labute approximate surface area is 234 Å². The fourth-order valence-corrected chi connectivity index (χ4v) is 4.61. The highest BCUT2D eigenvalue weighted by atomic mass is 35.5. The van der Waals surface area contributed by atoms with Crippen LogP contribution in [0, 0.1) is 0 Å². The molecule has 1 unspecified atom stereocenters. The summed E-state index contributed by atoms with van der Waals surface area (Å²) >= 11 is 6.17. The van der Waals surface area contributed by atoms with Gasteiger partial charge in [0.05, 0.1) is 12.6 Å². The van der Waals surface area contributed by atoms with Crippen molar-refractivity contribution >= 4 is 35.1 Å². The number of carbonyl (C=O) groups excluding carboxylic acids is 1. The van der Waals surface area contributed by atoms with Gasteiger partial charge >= 0.3 is 0 Å². The van der Waals surface area contributed by atoms with Gasteiger partial charge in [0.2, 0.25) is 18.0 Å². The Kier molecular flexibility index (Phi) is 8.17. The van der Waals surface area contributed by atoms with Crippen LogP contribution in [0.1, 0.15) is 16.7 Å². The first-order valence-electron chi connectivity index (χ1n) is 12.2. The molecule has 0 saturated carbocycles. The van der Waals surface area contributed by atoms with Crippen molar-refractivity contribution in [2.45, 2.75) is 11.6 Å². The molecule has 0 aliphatic rings. The lowest BCUT2D eigenvalue weighted by Gasteiger charge is -2.36. The zero-order valence-corrected chi connectivity index (χ0v) is 21.8. The van der Waals surface area contributed by atoms with E-state index in [4.69, 9.17) is 21.2 Å². The lowest BCUT2D eigenvalue weighted by Crippen LogP contribution is -2.37. The van der Waals surface area contributed by atoms with Crippen molar-refractivity contribution in [2.24, 2.45) is 5.11 Å². The summed E-state index contributed by atoms with van der Waals surface area (Å²) in [7, 11) is 0. The zero-order chi connectivity index (χ0) is 27.8. The lowest BCUT2D eigenvalue weighted by molar-refractivity contribution is -0.105. The number of amides is 1. The maximum Gasteiger partial charge on any atom is 0.232 e. The van der Waals surface area contributed by atoms with E-state index in [0.717, 1.165) is 16.7 Å². The number of benzene rings is 3. The number of ether oxygens (including phenoxy) is 1. The largest absolute Gasteiger partial charge is 0.410 e. The predicted octanol–water partition coefficient (Wildman–Crippen LogP) is 5.16. The Balaban J connectivity index is 1.46. The number of anilines is 1. The van der Waals surface area contributed by atoms with Gasteiger partial charge in [0.1, 0.15) is 24.1 Å². The Morgan fingerprint density at radius 3 is 2.05 bits per heavy atom. The first-order valence-corrected chi connectivity index (χ1v) is 12.6. The Hall–Kier alpha value is -4.96. The number of carbonyl (C=O) groups is 1. The topological polar surface area (TPSA) is 140 Å².